The van der Waals surface area contributed by atoms with Crippen LogP contribution in [0.5, 0.6) is 0 Å². The zero-order valence-corrected chi connectivity index (χ0v) is 30.4. The molecule has 0 saturated heterocycles. The van der Waals surface area contributed by atoms with E-state index in [1.807, 2.05) is 6.07 Å². The highest BCUT2D eigenvalue weighted by Crippen LogP contribution is 2.47. The van der Waals surface area contributed by atoms with Crippen LogP contribution in [0.1, 0.15) is 0 Å². The molecule has 252 valence electrons. The average molecular weight is 725 g/mol. The number of rotatable bonds is 5. The van der Waals surface area contributed by atoms with Crippen LogP contribution in [0.2, 0.25) is 0 Å². The van der Waals surface area contributed by atoms with Crippen LogP contribution in [0.3, 0.4) is 0 Å². The van der Waals surface area contributed by atoms with Gasteiger partial charge in [0.1, 0.15) is 5.01 Å². The molecule has 11 aromatic rings. The fourth-order valence-corrected chi connectivity index (χ4v) is 9.80. The highest BCUT2D eigenvalue weighted by Gasteiger charge is 2.23. The third kappa shape index (κ3) is 5.18. The van der Waals surface area contributed by atoms with E-state index in [-0.39, 0.29) is 0 Å². The molecule has 0 spiro atoms. The molecule has 0 radical (unpaired) electrons. The van der Waals surface area contributed by atoms with E-state index < -0.39 is 0 Å². The van der Waals surface area contributed by atoms with Crippen LogP contribution < -0.4 is 0 Å². The predicted octanol–water partition coefficient (Wildman–Crippen LogP) is 13.5. The molecule has 8 aromatic carbocycles. The summed E-state index contributed by atoms with van der Waals surface area (Å²) in [5.41, 5.74) is 7.20. The molecule has 0 aliphatic carbocycles. The highest BCUT2D eigenvalue weighted by atomic mass is 32.1. The van der Waals surface area contributed by atoms with Crippen LogP contribution in [0.15, 0.2) is 170 Å². The lowest BCUT2D eigenvalue weighted by Crippen LogP contribution is -2.01. The zero-order chi connectivity index (χ0) is 35.6. The summed E-state index contributed by atoms with van der Waals surface area (Å²) in [5, 5.41) is 7.94. The van der Waals surface area contributed by atoms with E-state index in [9.17, 15) is 0 Å². The zero-order valence-electron chi connectivity index (χ0n) is 28.8. The number of benzene rings is 8. The number of thiophene rings is 1. The first kappa shape index (κ1) is 31.0. The van der Waals surface area contributed by atoms with Gasteiger partial charge in [0.15, 0.2) is 17.5 Å². The van der Waals surface area contributed by atoms with Crippen LogP contribution in [0.4, 0.5) is 0 Å². The Kier molecular flexibility index (Phi) is 7.18. The van der Waals surface area contributed by atoms with Gasteiger partial charge in [0, 0.05) is 42.4 Å². The van der Waals surface area contributed by atoms with Gasteiger partial charge in [-0.05, 0) is 63.0 Å². The fourth-order valence-electron chi connectivity index (χ4n) is 7.56. The fraction of sp³-hybridized carbons (Fsp3) is 0. The number of aromatic nitrogens is 4. The van der Waals surface area contributed by atoms with E-state index in [0.717, 1.165) is 69.5 Å². The van der Waals surface area contributed by atoms with Crippen molar-refractivity contribution in [1.29, 1.82) is 0 Å². The molecule has 3 aromatic heterocycles. The summed E-state index contributed by atoms with van der Waals surface area (Å²) in [4.78, 5) is 21.3. The summed E-state index contributed by atoms with van der Waals surface area (Å²) in [6.45, 7) is 0. The summed E-state index contributed by atoms with van der Waals surface area (Å²) in [6, 6.07) is 59.7. The molecular weight excluding hydrogens is 697 g/mol. The van der Waals surface area contributed by atoms with Gasteiger partial charge in [-0.3, -0.25) is 0 Å². The van der Waals surface area contributed by atoms with Gasteiger partial charge in [-0.25, -0.2) is 19.9 Å². The lowest BCUT2D eigenvalue weighted by Gasteiger charge is -2.13. The molecule has 11 rings (SSSR count). The molecule has 0 N–H and O–H groups in total. The Labute approximate surface area is 318 Å². The van der Waals surface area contributed by atoms with Gasteiger partial charge in [-0.2, -0.15) is 0 Å². The van der Waals surface area contributed by atoms with Crippen molar-refractivity contribution in [3.05, 3.63) is 170 Å². The molecule has 0 aliphatic rings. The van der Waals surface area contributed by atoms with Gasteiger partial charge in [0.2, 0.25) is 0 Å². The van der Waals surface area contributed by atoms with Crippen molar-refractivity contribution in [2.45, 2.75) is 0 Å². The van der Waals surface area contributed by atoms with Crippen molar-refractivity contribution in [3.63, 3.8) is 0 Å². The molecular formula is C48H28N4S2. The first-order chi connectivity index (χ1) is 26.7. The van der Waals surface area contributed by atoms with E-state index in [4.69, 9.17) is 19.9 Å². The first-order valence-corrected chi connectivity index (χ1v) is 19.5. The van der Waals surface area contributed by atoms with Gasteiger partial charge < -0.3 is 0 Å². The molecule has 3 heterocycles. The molecule has 0 aliphatic heterocycles. The minimum absolute atomic E-state index is 0.628. The van der Waals surface area contributed by atoms with Crippen LogP contribution in [0.25, 0.3) is 108 Å². The van der Waals surface area contributed by atoms with Gasteiger partial charge in [0.05, 0.1) is 10.2 Å². The summed E-state index contributed by atoms with van der Waals surface area (Å²) in [6.07, 6.45) is 0. The van der Waals surface area contributed by atoms with E-state index in [1.165, 1.54) is 20.9 Å². The van der Waals surface area contributed by atoms with Gasteiger partial charge in [-0.1, -0.05) is 140 Å². The minimum atomic E-state index is 0.628. The van der Waals surface area contributed by atoms with Crippen LogP contribution in [0, 0.1) is 0 Å². The van der Waals surface area contributed by atoms with Crippen LogP contribution in [-0.2, 0) is 0 Å². The van der Waals surface area contributed by atoms with Crippen molar-refractivity contribution in [1.82, 2.24) is 19.9 Å². The number of fused-ring (bicyclic) bond motifs is 6. The maximum atomic E-state index is 5.43. The van der Waals surface area contributed by atoms with Crippen molar-refractivity contribution < 1.29 is 0 Å². The van der Waals surface area contributed by atoms with E-state index in [1.54, 1.807) is 22.7 Å². The molecule has 4 nitrogen and oxygen atoms in total. The average Bonchev–Trinajstić information content (AvgIpc) is 3.84. The maximum Gasteiger partial charge on any atom is 0.166 e. The quantitative estimate of drug-likeness (QED) is 0.177. The number of thiazole rings is 1. The lowest BCUT2D eigenvalue weighted by molar-refractivity contribution is 1.08. The van der Waals surface area contributed by atoms with Crippen LogP contribution in [-0.4, -0.2) is 19.9 Å². The second-order valence-corrected chi connectivity index (χ2v) is 15.5. The minimum Gasteiger partial charge on any atom is -0.236 e. The summed E-state index contributed by atoms with van der Waals surface area (Å²) < 4.78 is 3.45. The first-order valence-electron chi connectivity index (χ1n) is 17.9. The maximum absolute atomic E-state index is 5.43. The molecule has 0 fully saturated rings. The standard InChI is InChI=1S/C48H28N4S2/c1-3-14-30(15-4-1)38-27-35(26-33-19-9-10-20-36(33)38)46-50-45(34-24-23-29-13-7-8-18-32(29)25-34)51-47(52-46)43-42-37-21-11-12-22-40(37)53-41(42)28-39-44(43)54-48(49-39)31-16-5-2-6-17-31/h1-28H. The molecule has 6 heteroatoms. The third-order valence-corrected chi connectivity index (χ3v) is 12.4. The number of hydrogen-bond donors (Lipinski definition) is 0. The monoisotopic (exact) mass is 724 g/mol. The Hall–Kier alpha value is -6.60. The Morgan fingerprint density at radius 3 is 1.81 bits per heavy atom. The van der Waals surface area contributed by atoms with Crippen molar-refractivity contribution >= 4 is 74.6 Å². The van der Waals surface area contributed by atoms with E-state index in [0.29, 0.717) is 17.5 Å². The third-order valence-electron chi connectivity index (χ3n) is 10.1. The van der Waals surface area contributed by atoms with E-state index in [2.05, 4.69) is 164 Å². The summed E-state index contributed by atoms with van der Waals surface area (Å²) >= 11 is 3.49. The Morgan fingerprint density at radius 1 is 0.370 bits per heavy atom. The molecule has 0 unspecified atom stereocenters. The molecule has 54 heavy (non-hydrogen) atoms. The highest BCUT2D eigenvalue weighted by molar-refractivity contribution is 7.26. The second-order valence-electron chi connectivity index (χ2n) is 13.4. The SMILES string of the molecule is c1ccc(-c2nc3cc4sc5ccccc5c4c(-c4nc(-c5ccc6ccccc6c5)nc(-c5cc(-c6ccccc6)c6ccccc6c5)n4)c3s2)cc1. The van der Waals surface area contributed by atoms with Crippen molar-refractivity contribution in [2.24, 2.45) is 0 Å². The van der Waals surface area contributed by atoms with Crippen LogP contribution >= 0.6 is 22.7 Å². The van der Waals surface area contributed by atoms with Crippen molar-refractivity contribution in [3.8, 4) is 55.9 Å². The topological polar surface area (TPSA) is 51.6 Å². The normalized spacial score (nSPS) is 11.7. The largest absolute Gasteiger partial charge is 0.236 e. The van der Waals surface area contributed by atoms with Crippen molar-refractivity contribution in [2.75, 3.05) is 0 Å². The smallest absolute Gasteiger partial charge is 0.166 e. The number of hydrogen-bond acceptors (Lipinski definition) is 6. The van der Waals surface area contributed by atoms with Gasteiger partial charge in [-0.15, -0.1) is 22.7 Å². The molecule has 0 saturated carbocycles. The Bertz CT molecular complexity index is 3220. The molecule has 0 bridgehead atoms. The summed E-state index contributed by atoms with van der Waals surface area (Å²) in [7, 11) is 0. The van der Waals surface area contributed by atoms with Gasteiger partial charge >= 0.3 is 0 Å². The Morgan fingerprint density at radius 2 is 1.00 bits per heavy atom. The van der Waals surface area contributed by atoms with Gasteiger partial charge in [0.25, 0.3) is 0 Å². The van der Waals surface area contributed by atoms with E-state index >= 15 is 0 Å². The predicted molar refractivity (Wildman–Crippen MR) is 228 cm³/mol. The lowest BCUT2D eigenvalue weighted by atomic mass is 9.95. The Balaban J connectivity index is 1.24. The second kappa shape index (κ2) is 12.5. The number of nitrogens with zero attached hydrogens (tertiary/aromatic N) is 4. The summed E-state index contributed by atoms with van der Waals surface area (Å²) in [5.74, 6) is 1.90. The molecule has 0 amide bonds. The molecule has 0 atom stereocenters.